The Morgan fingerprint density at radius 1 is 1.29 bits per heavy atom. The Labute approximate surface area is 102 Å². The van der Waals surface area contributed by atoms with E-state index in [0.717, 1.165) is 17.4 Å². The number of nitrogens with zero attached hydrogens (tertiary/aromatic N) is 2. The van der Waals surface area contributed by atoms with Crippen LogP contribution in [0.5, 0.6) is 0 Å². The highest BCUT2D eigenvalue weighted by Crippen LogP contribution is 2.28. The van der Waals surface area contributed by atoms with E-state index in [9.17, 15) is 0 Å². The van der Waals surface area contributed by atoms with Gasteiger partial charge in [-0.2, -0.15) is 0 Å². The number of rotatable bonds is 2. The van der Waals surface area contributed by atoms with Crippen LogP contribution in [-0.2, 0) is 7.05 Å². The van der Waals surface area contributed by atoms with Gasteiger partial charge in [0.05, 0.1) is 11.0 Å². The van der Waals surface area contributed by atoms with Crippen LogP contribution in [0.1, 0.15) is 26.2 Å². The van der Waals surface area contributed by atoms with Crippen LogP contribution in [0.3, 0.4) is 0 Å². The molecular weight excluding hydrogens is 210 g/mol. The van der Waals surface area contributed by atoms with Crippen LogP contribution in [0.4, 0.5) is 5.95 Å². The maximum atomic E-state index is 4.65. The molecule has 2 aromatic rings. The molecule has 0 aliphatic heterocycles. The van der Waals surface area contributed by atoms with Crippen LogP contribution in [0, 0.1) is 5.92 Å². The van der Waals surface area contributed by atoms with Crippen molar-refractivity contribution in [2.75, 3.05) is 5.32 Å². The fourth-order valence-corrected chi connectivity index (χ4v) is 2.80. The third-order valence-electron chi connectivity index (χ3n) is 3.82. The number of benzene rings is 1. The zero-order valence-corrected chi connectivity index (χ0v) is 10.5. The number of imidazole rings is 1. The molecule has 0 spiro atoms. The average Bonchev–Trinajstić information content (AvgIpc) is 2.86. The van der Waals surface area contributed by atoms with Crippen molar-refractivity contribution in [1.29, 1.82) is 0 Å². The van der Waals surface area contributed by atoms with E-state index in [1.54, 1.807) is 0 Å². The first-order valence-corrected chi connectivity index (χ1v) is 6.42. The molecule has 0 bridgehead atoms. The fraction of sp³-hybridized carbons (Fsp3) is 0.500. The van der Waals surface area contributed by atoms with Crippen molar-refractivity contribution in [2.24, 2.45) is 13.0 Å². The second-order valence-electron chi connectivity index (χ2n) is 5.24. The van der Waals surface area contributed by atoms with Gasteiger partial charge in [-0.3, -0.25) is 0 Å². The minimum atomic E-state index is 0.598. The maximum Gasteiger partial charge on any atom is 0.203 e. The monoisotopic (exact) mass is 229 g/mol. The number of hydrogen-bond donors (Lipinski definition) is 1. The van der Waals surface area contributed by atoms with Gasteiger partial charge in [0.25, 0.3) is 0 Å². The van der Waals surface area contributed by atoms with Gasteiger partial charge in [-0.1, -0.05) is 19.1 Å². The van der Waals surface area contributed by atoms with E-state index in [1.807, 2.05) is 6.07 Å². The first kappa shape index (κ1) is 10.6. The van der Waals surface area contributed by atoms with Gasteiger partial charge in [0.1, 0.15) is 0 Å². The average molecular weight is 229 g/mol. The Hall–Kier alpha value is -1.51. The Kier molecular flexibility index (Phi) is 2.54. The molecule has 1 N–H and O–H groups in total. The smallest absolute Gasteiger partial charge is 0.203 e. The minimum absolute atomic E-state index is 0.598. The molecule has 1 saturated carbocycles. The fourth-order valence-electron chi connectivity index (χ4n) is 2.80. The summed E-state index contributed by atoms with van der Waals surface area (Å²) in [5, 5.41) is 3.58. The lowest BCUT2D eigenvalue weighted by molar-refractivity contribution is 0.601. The second-order valence-corrected chi connectivity index (χ2v) is 5.24. The standard InChI is InChI=1S/C14H19N3/c1-10-7-8-11(9-10)15-14-16-12-5-3-4-6-13(12)17(14)2/h3-6,10-11H,7-9H2,1-2H3,(H,15,16). The number of aryl methyl sites for hydroxylation is 1. The second kappa shape index (κ2) is 4.06. The first-order chi connectivity index (χ1) is 8.24. The van der Waals surface area contributed by atoms with E-state index in [0.29, 0.717) is 6.04 Å². The van der Waals surface area contributed by atoms with E-state index in [2.05, 4.69) is 47.0 Å². The summed E-state index contributed by atoms with van der Waals surface area (Å²) in [6.07, 6.45) is 3.87. The van der Waals surface area contributed by atoms with Crippen molar-refractivity contribution in [3.8, 4) is 0 Å². The summed E-state index contributed by atoms with van der Waals surface area (Å²) >= 11 is 0. The van der Waals surface area contributed by atoms with Crippen molar-refractivity contribution in [3.63, 3.8) is 0 Å². The van der Waals surface area contributed by atoms with E-state index in [4.69, 9.17) is 0 Å². The molecular formula is C14H19N3. The van der Waals surface area contributed by atoms with Crippen LogP contribution in [0.25, 0.3) is 11.0 Å². The van der Waals surface area contributed by atoms with Gasteiger partial charge in [-0.25, -0.2) is 4.98 Å². The topological polar surface area (TPSA) is 29.9 Å². The van der Waals surface area contributed by atoms with Crippen molar-refractivity contribution >= 4 is 17.0 Å². The summed E-state index contributed by atoms with van der Waals surface area (Å²) in [4.78, 5) is 4.65. The Bertz CT molecular complexity index is 529. The quantitative estimate of drug-likeness (QED) is 0.857. The van der Waals surface area contributed by atoms with Crippen LogP contribution >= 0.6 is 0 Å². The van der Waals surface area contributed by atoms with Gasteiger partial charge in [-0.15, -0.1) is 0 Å². The van der Waals surface area contributed by atoms with Gasteiger partial charge < -0.3 is 9.88 Å². The molecule has 1 heterocycles. The van der Waals surface area contributed by atoms with Crippen LogP contribution in [0.15, 0.2) is 24.3 Å². The molecule has 1 aliphatic carbocycles. The lowest BCUT2D eigenvalue weighted by atomic mass is 10.1. The third kappa shape index (κ3) is 1.90. The van der Waals surface area contributed by atoms with Crippen LogP contribution in [0.2, 0.25) is 0 Å². The molecule has 17 heavy (non-hydrogen) atoms. The van der Waals surface area contributed by atoms with E-state index in [1.165, 1.54) is 24.8 Å². The highest BCUT2D eigenvalue weighted by atomic mass is 15.2. The number of fused-ring (bicyclic) bond motifs is 1. The van der Waals surface area contributed by atoms with Crippen molar-refractivity contribution in [2.45, 2.75) is 32.2 Å². The van der Waals surface area contributed by atoms with Gasteiger partial charge in [-0.05, 0) is 37.3 Å². The lowest BCUT2D eigenvalue weighted by Crippen LogP contribution is -2.17. The molecule has 2 unspecified atom stereocenters. The lowest BCUT2D eigenvalue weighted by Gasteiger charge is -2.13. The number of aromatic nitrogens is 2. The highest BCUT2D eigenvalue weighted by molar-refractivity contribution is 5.78. The maximum absolute atomic E-state index is 4.65. The molecule has 0 radical (unpaired) electrons. The largest absolute Gasteiger partial charge is 0.353 e. The van der Waals surface area contributed by atoms with Gasteiger partial charge in [0.15, 0.2) is 0 Å². The zero-order chi connectivity index (χ0) is 11.8. The number of anilines is 1. The predicted molar refractivity (Wildman–Crippen MR) is 71.1 cm³/mol. The summed E-state index contributed by atoms with van der Waals surface area (Å²) in [6, 6.07) is 8.88. The van der Waals surface area contributed by atoms with E-state index in [-0.39, 0.29) is 0 Å². The summed E-state index contributed by atoms with van der Waals surface area (Å²) in [5.74, 6) is 1.85. The van der Waals surface area contributed by atoms with Crippen LogP contribution in [-0.4, -0.2) is 15.6 Å². The molecule has 3 rings (SSSR count). The summed E-state index contributed by atoms with van der Waals surface area (Å²) in [5.41, 5.74) is 2.27. The third-order valence-corrected chi connectivity index (χ3v) is 3.82. The summed E-state index contributed by atoms with van der Waals surface area (Å²) in [6.45, 7) is 2.33. The molecule has 2 atom stereocenters. The Morgan fingerprint density at radius 2 is 2.12 bits per heavy atom. The van der Waals surface area contributed by atoms with E-state index >= 15 is 0 Å². The number of hydrogen-bond acceptors (Lipinski definition) is 2. The molecule has 0 saturated heterocycles. The Morgan fingerprint density at radius 3 is 2.82 bits per heavy atom. The van der Waals surface area contributed by atoms with Crippen molar-refractivity contribution in [1.82, 2.24) is 9.55 Å². The van der Waals surface area contributed by atoms with Crippen LogP contribution < -0.4 is 5.32 Å². The SMILES string of the molecule is CC1CCC(Nc2nc3ccccc3n2C)C1. The number of nitrogens with one attached hydrogen (secondary N) is 1. The van der Waals surface area contributed by atoms with Gasteiger partial charge >= 0.3 is 0 Å². The van der Waals surface area contributed by atoms with Crippen molar-refractivity contribution < 1.29 is 0 Å². The van der Waals surface area contributed by atoms with Gasteiger partial charge in [0, 0.05) is 13.1 Å². The van der Waals surface area contributed by atoms with E-state index < -0.39 is 0 Å². The molecule has 3 nitrogen and oxygen atoms in total. The zero-order valence-electron chi connectivity index (χ0n) is 10.5. The molecule has 1 aromatic carbocycles. The van der Waals surface area contributed by atoms with Gasteiger partial charge in [0.2, 0.25) is 5.95 Å². The molecule has 90 valence electrons. The summed E-state index contributed by atoms with van der Waals surface area (Å²) in [7, 11) is 2.08. The molecule has 1 aliphatic rings. The molecule has 1 fully saturated rings. The summed E-state index contributed by atoms with van der Waals surface area (Å²) < 4.78 is 2.15. The first-order valence-electron chi connectivity index (χ1n) is 6.42. The number of para-hydroxylation sites is 2. The normalized spacial score (nSPS) is 24.4. The molecule has 0 amide bonds. The minimum Gasteiger partial charge on any atom is -0.353 e. The Balaban J connectivity index is 1.88. The highest BCUT2D eigenvalue weighted by Gasteiger charge is 2.22. The predicted octanol–water partition coefficient (Wildman–Crippen LogP) is 3.17. The molecule has 1 aromatic heterocycles. The molecule has 3 heteroatoms. The van der Waals surface area contributed by atoms with Crippen molar-refractivity contribution in [3.05, 3.63) is 24.3 Å².